The van der Waals surface area contributed by atoms with E-state index in [1.807, 2.05) is 0 Å². The topological polar surface area (TPSA) is 20.2 Å². The van der Waals surface area contributed by atoms with E-state index in [1.54, 1.807) is 5.57 Å². The first-order chi connectivity index (χ1) is 13.6. The van der Waals surface area contributed by atoms with Crippen LogP contribution in [-0.2, 0) is 6.42 Å². The number of rotatable bonds is 3. The number of allylic oxidation sites excluding steroid dienone is 3. The summed E-state index contributed by atoms with van der Waals surface area (Å²) < 4.78 is 0. The summed E-state index contributed by atoms with van der Waals surface area (Å²) in [5.74, 6) is 3.32. The highest BCUT2D eigenvalue weighted by molar-refractivity contribution is 5.24. The lowest BCUT2D eigenvalue weighted by Crippen LogP contribution is -2.51. The summed E-state index contributed by atoms with van der Waals surface area (Å²) in [5.41, 5.74) is 2.58. The summed E-state index contributed by atoms with van der Waals surface area (Å²) >= 11 is 0. The van der Waals surface area contributed by atoms with Crippen LogP contribution in [0.15, 0.2) is 54.1 Å². The van der Waals surface area contributed by atoms with E-state index in [-0.39, 0.29) is 5.41 Å². The Hall–Kier alpha value is -1.34. The summed E-state index contributed by atoms with van der Waals surface area (Å²) in [6.07, 6.45) is 19.5. The van der Waals surface area contributed by atoms with Crippen LogP contribution in [0.5, 0.6) is 0 Å². The van der Waals surface area contributed by atoms with E-state index >= 15 is 0 Å². The monoisotopic (exact) mass is 376 g/mol. The number of aliphatic hydroxyl groups is 1. The summed E-state index contributed by atoms with van der Waals surface area (Å²) in [4.78, 5) is 0. The summed E-state index contributed by atoms with van der Waals surface area (Å²) in [6, 6.07) is 10.6. The lowest BCUT2D eigenvalue weighted by molar-refractivity contribution is -0.0908. The molecule has 0 spiro atoms. The Bertz CT molecular complexity index is 762. The largest absolute Gasteiger partial charge is 0.385 e. The third-order valence-electron chi connectivity index (χ3n) is 9.18. The predicted octanol–water partition coefficient (Wildman–Crippen LogP) is 6.48. The Labute approximate surface area is 170 Å². The molecule has 4 aliphatic rings. The maximum absolute atomic E-state index is 11.7. The van der Waals surface area contributed by atoms with Gasteiger partial charge in [0, 0.05) is 5.41 Å². The number of benzene rings is 1. The number of hydrogen-bond donors (Lipinski definition) is 1. The van der Waals surface area contributed by atoms with Gasteiger partial charge in [-0.2, -0.15) is 0 Å². The third kappa shape index (κ3) is 2.93. The van der Waals surface area contributed by atoms with Gasteiger partial charge in [0.1, 0.15) is 0 Å². The van der Waals surface area contributed by atoms with Gasteiger partial charge in [-0.15, -0.1) is 0 Å². The van der Waals surface area contributed by atoms with Gasteiger partial charge in [-0.05, 0) is 93.4 Å². The lowest BCUT2D eigenvalue weighted by atomic mass is 9.50. The molecule has 3 saturated carbocycles. The molecule has 5 rings (SSSR count). The molecule has 0 amide bonds. The highest BCUT2D eigenvalue weighted by Gasteiger charge is 2.61. The van der Waals surface area contributed by atoms with Crippen LogP contribution in [0.25, 0.3) is 0 Å². The molecule has 1 heteroatoms. The first-order valence-corrected chi connectivity index (χ1v) is 11.7. The first kappa shape index (κ1) is 18.7. The van der Waals surface area contributed by atoms with E-state index in [1.165, 1.54) is 56.9 Å². The van der Waals surface area contributed by atoms with E-state index in [2.05, 4.69) is 55.5 Å². The standard InChI is InChI=1S/C27H36O/c1-26-18-15-23-22-12-6-5-11-21(22)13-14-24(23)25(26)16-19-27(26,28)17-7-10-20-8-3-2-4-9-20/h2-4,7-9,11,17,22-25,28H,5-6,10,12-16,18-19H2,1H3/b17-7+/t22-,23+,24+,25-,26-,27-/m0/s1. The highest BCUT2D eigenvalue weighted by Crippen LogP contribution is 2.65. The molecule has 0 bridgehead atoms. The Morgan fingerprint density at radius 2 is 1.89 bits per heavy atom. The highest BCUT2D eigenvalue weighted by atomic mass is 16.3. The van der Waals surface area contributed by atoms with Gasteiger partial charge in [-0.3, -0.25) is 0 Å². The maximum Gasteiger partial charge on any atom is 0.0883 e. The van der Waals surface area contributed by atoms with Crippen molar-refractivity contribution >= 4 is 0 Å². The van der Waals surface area contributed by atoms with Crippen LogP contribution in [0.3, 0.4) is 0 Å². The molecule has 6 atom stereocenters. The molecule has 28 heavy (non-hydrogen) atoms. The average molecular weight is 377 g/mol. The summed E-state index contributed by atoms with van der Waals surface area (Å²) in [5, 5.41) is 11.7. The SMILES string of the molecule is C[C@]12CC[C@H]3[C@@H](CCC4=CCCC[C@@H]43)[C@@H]1CC[C@@]2(O)/C=C/Cc1ccccc1. The fourth-order valence-electron chi connectivity index (χ4n) is 7.63. The molecule has 0 radical (unpaired) electrons. The zero-order valence-corrected chi connectivity index (χ0v) is 17.4. The van der Waals surface area contributed by atoms with Crippen molar-refractivity contribution in [2.24, 2.45) is 29.1 Å². The minimum absolute atomic E-state index is 0.0667. The molecule has 1 N–H and O–H groups in total. The van der Waals surface area contributed by atoms with Crippen LogP contribution < -0.4 is 0 Å². The van der Waals surface area contributed by atoms with Crippen molar-refractivity contribution in [2.75, 3.05) is 0 Å². The van der Waals surface area contributed by atoms with Gasteiger partial charge in [0.05, 0.1) is 5.60 Å². The van der Waals surface area contributed by atoms with Gasteiger partial charge in [0.15, 0.2) is 0 Å². The van der Waals surface area contributed by atoms with Gasteiger partial charge in [0.2, 0.25) is 0 Å². The fraction of sp³-hybridized carbons (Fsp3) is 0.630. The zero-order chi connectivity index (χ0) is 19.2. The van der Waals surface area contributed by atoms with E-state index in [4.69, 9.17) is 0 Å². The lowest BCUT2D eigenvalue weighted by Gasteiger charge is -2.55. The Morgan fingerprint density at radius 3 is 2.75 bits per heavy atom. The van der Waals surface area contributed by atoms with E-state index in [0.717, 1.165) is 30.6 Å². The van der Waals surface area contributed by atoms with Crippen LogP contribution >= 0.6 is 0 Å². The molecular weight excluding hydrogens is 340 g/mol. The normalized spacial score (nSPS) is 42.6. The second-order valence-electron chi connectivity index (χ2n) is 10.3. The second-order valence-corrected chi connectivity index (χ2v) is 10.3. The minimum Gasteiger partial charge on any atom is -0.385 e. The molecule has 150 valence electrons. The van der Waals surface area contributed by atoms with E-state index in [9.17, 15) is 5.11 Å². The van der Waals surface area contributed by atoms with Gasteiger partial charge in [-0.25, -0.2) is 0 Å². The molecule has 0 saturated heterocycles. The van der Waals surface area contributed by atoms with Crippen molar-refractivity contribution in [3.05, 3.63) is 59.7 Å². The van der Waals surface area contributed by atoms with Gasteiger partial charge < -0.3 is 5.11 Å². The van der Waals surface area contributed by atoms with E-state index < -0.39 is 5.60 Å². The van der Waals surface area contributed by atoms with Crippen LogP contribution in [0.1, 0.15) is 70.3 Å². The molecule has 4 aliphatic carbocycles. The molecule has 1 nitrogen and oxygen atoms in total. The van der Waals surface area contributed by atoms with Crippen molar-refractivity contribution in [3.8, 4) is 0 Å². The molecule has 3 fully saturated rings. The van der Waals surface area contributed by atoms with Crippen LogP contribution in [0.2, 0.25) is 0 Å². The molecular formula is C27H36O. The molecule has 0 aromatic heterocycles. The molecule has 1 aromatic carbocycles. The quantitative estimate of drug-likeness (QED) is 0.599. The van der Waals surface area contributed by atoms with Crippen LogP contribution in [0.4, 0.5) is 0 Å². The number of hydrogen-bond acceptors (Lipinski definition) is 1. The molecule has 0 aliphatic heterocycles. The van der Waals surface area contributed by atoms with E-state index in [0.29, 0.717) is 5.92 Å². The third-order valence-corrected chi connectivity index (χ3v) is 9.18. The van der Waals surface area contributed by atoms with Gasteiger partial charge in [0.25, 0.3) is 0 Å². The molecule has 0 heterocycles. The predicted molar refractivity (Wildman–Crippen MR) is 116 cm³/mol. The van der Waals surface area contributed by atoms with Crippen molar-refractivity contribution in [2.45, 2.75) is 76.7 Å². The fourth-order valence-corrected chi connectivity index (χ4v) is 7.63. The molecule has 0 unspecified atom stereocenters. The first-order valence-electron chi connectivity index (χ1n) is 11.7. The van der Waals surface area contributed by atoms with Crippen LogP contribution in [-0.4, -0.2) is 10.7 Å². The maximum atomic E-state index is 11.7. The Balaban J connectivity index is 1.35. The Morgan fingerprint density at radius 1 is 1.04 bits per heavy atom. The smallest absolute Gasteiger partial charge is 0.0883 e. The minimum atomic E-state index is -0.611. The summed E-state index contributed by atoms with van der Waals surface area (Å²) in [7, 11) is 0. The van der Waals surface area contributed by atoms with Crippen molar-refractivity contribution in [1.29, 1.82) is 0 Å². The van der Waals surface area contributed by atoms with Crippen molar-refractivity contribution < 1.29 is 5.11 Å². The zero-order valence-electron chi connectivity index (χ0n) is 17.4. The van der Waals surface area contributed by atoms with Crippen molar-refractivity contribution in [1.82, 2.24) is 0 Å². The Kier molecular flexibility index (Phi) is 4.78. The second kappa shape index (κ2) is 7.17. The van der Waals surface area contributed by atoms with Gasteiger partial charge in [-0.1, -0.05) is 61.1 Å². The summed E-state index contributed by atoms with van der Waals surface area (Å²) in [6.45, 7) is 2.42. The van der Waals surface area contributed by atoms with Gasteiger partial charge >= 0.3 is 0 Å². The van der Waals surface area contributed by atoms with Crippen molar-refractivity contribution in [3.63, 3.8) is 0 Å². The number of fused-ring (bicyclic) bond motifs is 5. The van der Waals surface area contributed by atoms with Crippen LogP contribution in [0, 0.1) is 29.1 Å². The average Bonchev–Trinajstić information content (AvgIpc) is 3.00. The molecule has 1 aromatic rings.